The first-order chi connectivity index (χ1) is 10.0. The fourth-order valence-electron chi connectivity index (χ4n) is 1.85. The number of aliphatic carboxylic acids is 1. The molecule has 0 spiro atoms. The van der Waals surface area contributed by atoms with Crippen LogP contribution in [0.3, 0.4) is 0 Å². The lowest BCUT2D eigenvalue weighted by Gasteiger charge is -2.06. The molecule has 0 saturated carbocycles. The first kappa shape index (κ1) is 14.9. The van der Waals surface area contributed by atoms with Gasteiger partial charge in [-0.3, -0.25) is 0 Å². The highest BCUT2D eigenvalue weighted by molar-refractivity contribution is 6.30. The molecular weight excluding hydrogens is 292 g/mol. The van der Waals surface area contributed by atoms with Gasteiger partial charge in [0.05, 0.1) is 12.7 Å². The van der Waals surface area contributed by atoms with Gasteiger partial charge in [0.15, 0.2) is 11.5 Å². The number of phenolic OH excluding ortho intramolecular Hbond substituents is 1. The number of ether oxygens (including phenoxy) is 1. The summed E-state index contributed by atoms with van der Waals surface area (Å²) in [7, 11) is 1.43. The molecule has 0 bridgehead atoms. The van der Waals surface area contributed by atoms with Crippen molar-refractivity contribution in [3.8, 4) is 11.5 Å². The lowest BCUT2D eigenvalue weighted by molar-refractivity contribution is -0.130. The molecule has 108 valence electrons. The van der Waals surface area contributed by atoms with Crippen LogP contribution in [0.2, 0.25) is 5.02 Å². The molecule has 2 N–H and O–H groups in total. The highest BCUT2D eigenvalue weighted by Crippen LogP contribution is 2.28. The number of hydrogen-bond acceptors (Lipinski definition) is 3. The summed E-state index contributed by atoms with van der Waals surface area (Å²) in [5.74, 6) is -0.771. The van der Waals surface area contributed by atoms with Crippen LogP contribution in [0.5, 0.6) is 11.5 Å². The third-order valence-electron chi connectivity index (χ3n) is 2.90. The van der Waals surface area contributed by atoms with Gasteiger partial charge >= 0.3 is 5.97 Å². The third kappa shape index (κ3) is 3.55. The summed E-state index contributed by atoms with van der Waals surface area (Å²) in [4.78, 5) is 11.4. The molecule has 0 radical (unpaired) electrons. The van der Waals surface area contributed by atoms with Gasteiger partial charge in [-0.05, 0) is 41.5 Å². The zero-order chi connectivity index (χ0) is 15.4. The smallest absolute Gasteiger partial charge is 0.336 e. The average Bonchev–Trinajstić information content (AvgIpc) is 2.47. The van der Waals surface area contributed by atoms with Gasteiger partial charge in [0, 0.05) is 5.02 Å². The van der Waals surface area contributed by atoms with Gasteiger partial charge in [0.1, 0.15) is 0 Å². The topological polar surface area (TPSA) is 66.8 Å². The Labute approximate surface area is 126 Å². The van der Waals surface area contributed by atoms with Crippen molar-refractivity contribution in [1.82, 2.24) is 0 Å². The minimum Gasteiger partial charge on any atom is -0.504 e. The molecule has 21 heavy (non-hydrogen) atoms. The van der Waals surface area contributed by atoms with E-state index in [-0.39, 0.29) is 17.1 Å². The third-order valence-corrected chi connectivity index (χ3v) is 3.15. The number of rotatable bonds is 4. The molecule has 2 aromatic carbocycles. The first-order valence-corrected chi connectivity index (χ1v) is 6.47. The zero-order valence-electron chi connectivity index (χ0n) is 11.2. The number of carboxylic acid groups (broad SMARTS) is 1. The van der Waals surface area contributed by atoms with E-state index in [4.69, 9.17) is 16.3 Å². The van der Waals surface area contributed by atoms with Gasteiger partial charge in [0.2, 0.25) is 0 Å². The van der Waals surface area contributed by atoms with Crippen LogP contribution in [-0.4, -0.2) is 23.3 Å². The predicted molar refractivity (Wildman–Crippen MR) is 81.6 cm³/mol. The van der Waals surface area contributed by atoms with Gasteiger partial charge in [-0.15, -0.1) is 0 Å². The summed E-state index contributed by atoms with van der Waals surface area (Å²) in [5, 5.41) is 19.4. The molecule has 0 amide bonds. The second-order valence-corrected chi connectivity index (χ2v) is 4.74. The Kier molecular flexibility index (Phi) is 4.50. The molecule has 0 aromatic heterocycles. The van der Waals surface area contributed by atoms with Gasteiger partial charge in [0.25, 0.3) is 0 Å². The van der Waals surface area contributed by atoms with Crippen molar-refractivity contribution in [3.05, 3.63) is 58.6 Å². The maximum absolute atomic E-state index is 11.4. The van der Waals surface area contributed by atoms with Crippen LogP contribution >= 0.6 is 11.6 Å². The first-order valence-electron chi connectivity index (χ1n) is 6.09. The largest absolute Gasteiger partial charge is 0.504 e. The normalized spacial score (nSPS) is 11.2. The Morgan fingerprint density at radius 2 is 1.86 bits per heavy atom. The van der Waals surface area contributed by atoms with Gasteiger partial charge in [-0.1, -0.05) is 29.8 Å². The average molecular weight is 305 g/mol. The van der Waals surface area contributed by atoms with Crippen molar-refractivity contribution >= 4 is 29.2 Å². The predicted octanol–water partition coefficient (Wildman–Crippen LogP) is 3.68. The molecule has 5 heteroatoms. The fourth-order valence-corrected chi connectivity index (χ4v) is 1.97. The quantitative estimate of drug-likeness (QED) is 0.668. The van der Waals surface area contributed by atoms with E-state index in [1.165, 1.54) is 19.3 Å². The molecule has 4 nitrogen and oxygen atoms in total. The molecule has 0 heterocycles. The summed E-state index contributed by atoms with van der Waals surface area (Å²) in [6, 6.07) is 11.2. The van der Waals surface area contributed by atoms with Crippen LogP contribution in [0.25, 0.3) is 11.6 Å². The molecule has 0 unspecified atom stereocenters. The Morgan fingerprint density at radius 1 is 1.19 bits per heavy atom. The van der Waals surface area contributed by atoms with Crippen molar-refractivity contribution in [1.29, 1.82) is 0 Å². The minimum absolute atomic E-state index is 0.00184. The molecule has 0 saturated heterocycles. The Morgan fingerprint density at radius 3 is 2.43 bits per heavy atom. The van der Waals surface area contributed by atoms with Crippen LogP contribution < -0.4 is 4.74 Å². The number of benzene rings is 2. The second kappa shape index (κ2) is 6.33. The van der Waals surface area contributed by atoms with Crippen LogP contribution in [0, 0.1) is 0 Å². The number of halogens is 1. The van der Waals surface area contributed by atoms with E-state index in [1.807, 2.05) is 0 Å². The molecule has 0 aliphatic heterocycles. The number of carbonyl (C=O) groups is 1. The summed E-state index contributed by atoms with van der Waals surface area (Å²) in [5.41, 5.74) is 1.27. The van der Waals surface area contributed by atoms with E-state index in [0.717, 1.165) is 0 Å². The van der Waals surface area contributed by atoms with Crippen LogP contribution in [0.1, 0.15) is 11.1 Å². The van der Waals surface area contributed by atoms with Crippen molar-refractivity contribution in [2.75, 3.05) is 7.11 Å². The number of phenols is 1. The Balaban J connectivity index is 2.47. The van der Waals surface area contributed by atoms with Crippen molar-refractivity contribution in [2.45, 2.75) is 0 Å². The number of carboxylic acids is 1. The fraction of sp³-hybridized carbons (Fsp3) is 0.0625. The van der Waals surface area contributed by atoms with E-state index < -0.39 is 5.97 Å². The Bertz CT molecular complexity index is 690. The molecule has 0 atom stereocenters. The van der Waals surface area contributed by atoms with Crippen LogP contribution in [-0.2, 0) is 4.79 Å². The Hall–Kier alpha value is -2.46. The number of hydrogen-bond donors (Lipinski definition) is 2. The highest BCUT2D eigenvalue weighted by atomic mass is 35.5. The molecule has 0 aliphatic carbocycles. The van der Waals surface area contributed by atoms with Crippen molar-refractivity contribution in [2.24, 2.45) is 0 Å². The number of aromatic hydroxyl groups is 1. The van der Waals surface area contributed by atoms with Gasteiger partial charge < -0.3 is 14.9 Å². The molecule has 2 rings (SSSR count). The zero-order valence-corrected chi connectivity index (χ0v) is 12.0. The number of methoxy groups -OCH3 is 1. The summed E-state index contributed by atoms with van der Waals surface area (Å²) in [6.07, 6.45) is 1.51. The maximum Gasteiger partial charge on any atom is 0.336 e. The summed E-state index contributed by atoms with van der Waals surface area (Å²) < 4.78 is 5.00. The van der Waals surface area contributed by atoms with E-state index in [9.17, 15) is 15.0 Å². The van der Waals surface area contributed by atoms with Gasteiger partial charge in [-0.2, -0.15) is 0 Å². The van der Waals surface area contributed by atoms with E-state index >= 15 is 0 Å². The molecule has 0 aliphatic rings. The SMILES string of the molecule is COc1cc(/C=C(\C(=O)O)c2ccc(Cl)cc2)ccc1O. The standard InChI is InChI=1S/C16H13ClO4/c1-21-15-9-10(2-7-14(15)18)8-13(16(19)20)11-3-5-12(17)6-4-11/h2-9,18H,1H3,(H,19,20)/b13-8-. The molecule has 2 aromatic rings. The van der Waals surface area contributed by atoms with Crippen molar-refractivity contribution < 1.29 is 19.7 Å². The van der Waals surface area contributed by atoms with Crippen LogP contribution in [0.15, 0.2) is 42.5 Å². The van der Waals surface area contributed by atoms with E-state index in [2.05, 4.69) is 0 Å². The highest BCUT2D eigenvalue weighted by Gasteiger charge is 2.11. The lowest BCUT2D eigenvalue weighted by atomic mass is 10.0. The van der Waals surface area contributed by atoms with E-state index in [0.29, 0.717) is 16.1 Å². The van der Waals surface area contributed by atoms with Crippen LogP contribution in [0.4, 0.5) is 0 Å². The monoisotopic (exact) mass is 304 g/mol. The summed E-state index contributed by atoms with van der Waals surface area (Å²) in [6.45, 7) is 0. The summed E-state index contributed by atoms with van der Waals surface area (Å²) >= 11 is 5.80. The molecule has 0 fully saturated rings. The maximum atomic E-state index is 11.4. The second-order valence-electron chi connectivity index (χ2n) is 4.30. The van der Waals surface area contributed by atoms with E-state index in [1.54, 1.807) is 36.4 Å². The van der Waals surface area contributed by atoms with Crippen molar-refractivity contribution in [3.63, 3.8) is 0 Å². The molecular formula is C16H13ClO4. The minimum atomic E-state index is -1.05. The van der Waals surface area contributed by atoms with Gasteiger partial charge in [-0.25, -0.2) is 4.79 Å². The lowest BCUT2D eigenvalue weighted by Crippen LogP contribution is -1.99.